The predicted molar refractivity (Wildman–Crippen MR) is 89.1 cm³/mol. The maximum absolute atomic E-state index is 13.8. The molecule has 0 unspecified atom stereocenters. The van der Waals surface area contributed by atoms with Crippen LogP contribution >= 0.6 is 11.6 Å². The van der Waals surface area contributed by atoms with E-state index >= 15 is 0 Å². The molecule has 0 fully saturated rings. The van der Waals surface area contributed by atoms with Gasteiger partial charge in [0.25, 0.3) is 0 Å². The topological polar surface area (TPSA) is 41.8 Å². The van der Waals surface area contributed by atoms with E-state index in [1.54, 1.807) is 18.2 Å². The van der Waals surface area contributed by atoms with Crippen LogP contribution in [-0.4, -0.2) is 11.4 Å². The Kier molecular flexibility index (Phi) is 4.44. The summed E-state index contributed by atoms with van der Waals surface area (Å²) in [5.74, 6) is 0.0662. The molecule has 116 valence electrons. The molecule has 3 aromatic rings. The summed E-state index contributed by atoms with van der Waals surface area (Å²) >= 11 is 6.01. The Morgan fingerprint density at radius 2 is 1.91 bits per heavy atom. The molecule has 0 heterocycles. The molecule has 0 atom stereocenters. The molecule has 3 nitrogen and oxygen atoms in total. The average Bonchev–Trinajstić information content (AvgIpc) is 2.56. The minimum absolute atomic E-state index is 0.0177. The van der Waals surface area contributed by atoms with Gasteiger partial charge in [-0.3, -0.25) is 0 Å². The molecule has 3 rings (SSSR count). The van der Waals surface area contributed by atoms with E-state index in [2.05, 4.69) is 5.16 Å². The molecule has 23 heavy (non-hydrogen) atoms. The number of oxime groups is 1. The molecule has 0 saturated carbocycles. The quantitative estimate of drug-likeness (QED) is 0.415. The van der Waals surface area contributed by atoms with Crippen LogP contribution in [0.15, 0.2) is 59.8 Å². The lowest BCUT2D eigenvalue weighted by Gasteiger charge is -2.12. The van der Waals surface area contributed by atoms with Crippen molar-refractivity contribution in [3.63, 3.8) is 0 Å². The molecule has 1 N–H and O–H groups in total. The smallest absolute Gasteiger partial charge is 0.131 e. The first-order valence-electron chi connectivity index (χ1n) is 6.95. The van der Waals surface area contributed by atoms with Crippen molar-refractivity contribution in [2.45, 2.75) is 6.61 Å². The highest BCUT2D eigenvalue weighted by molar-refractivity contribution is 6.31. The van der Waals surface area contributed by atoms with E-state index in [0.717, 1.165) is 10.8 Å². The lowest BCUT2D eigenvalue weighted by atomic mass is 10.0. The van der Waals surface area contributed by atoms with Crippen molar-refractivity contribution < 1.29 is 14.3 Å². The van der Waals surface area contributed by atoms with E-state index in [-0.39, 0.29) is 12.2 Å². The summed E-state index contributed by atoms with van der Waals surface area (Å²) in [6, 6.07) is 15.8. The maximum atomic E-state index is 13.8. The molecule has 5 heteroatoms. The van der Waals surface area contributed by atoms with Crippen LogP contribution in [0, 0.1) is 5.82 Å². The Morgan fingerprint density at radius 1 is 1.09 bits per heavy atom. The minimum atomic E-state index is -0.421. The van der Waals surface area contributed by atoms with Gasteiger partial charge in [0.2, 0.25) is 0 Å². The van der Waals surface area contributed by atoms with Gasteiger partial charge < -0.3 is 9.94 Å². The molecule has 0 aliphatic heterocycles. The zero-order valence-corrected chi connectivity index (χ0v) is 12.8. The molecular weight excluding hydrogens is 317 g/mol. The molecular formula is C18H13ClFNO2. The van der Waals surface area contributed by atoms with Crippen molar-refractivity contribution in [2.75, 3.05) is 0 Å². The zero-order valence-electron chi connectivity index (χ0n) is 12.0. The molecule has 0 saturated heterocycles. The molecule has 0 aliphatic carbocycles. The second-order valence-corrected chi connectivity index (χ2v) is 5.34. The van der Waals surface area contributed by atoms with Crippen molar-refractivity contribution in [1.82, 2.24) is 0 Å². The highest BCUT2D eigenvalue weighted by atomic mass is 35.5. The second kappa shape index (κ2) is 6.67. The largest absolute Gasteiger partial charge is 0.488 e. The van der Waals surface area contributed by atoms with Crippen LogP contribution in [0.5, 0.6) is 5.75 Å². The van der Waals surface area contributed by atoms with Gasteiger partial charge in [-0.15, -0.1) is 0 Å². The van der Waals surface area contributed by atoms with E-state index < -0.39 is 5.82 Å². The number of rotatable bonds is 4. The Labute approximate surface area is 137 Å². The van der Waals surface area contributed by atoms with Crippen molar-refractivity contribution in [2.24, 2.45) is 5.16 Å². The van der Waals surface area contributed by atoms with Gasteiger partial charge in [0.1, 0.15) is 18.2 Å². The van der Waals surface area contributed by atoms with Crippen molar-refractivity contribution in [3.8, 4) is 5.75 Å². The SMILES string of the molecule is ON=Cc1c(OCc2c(F)cccc2Cl)ccc2ccccc12. The van der Waals surface area contributed by atoms with Crippen LogP contribution in [0.1, 0.15) is 11.1 Å². The number of halogens is 2. The van der Waals surface area contributed by atoms with Crippen molar-refractivity contribution in [3.05, 3.63) is 76.6 Å². The molecule has 0 aliphatic rings. The van der Waals surface area contributed by atoms with Crippen LogP contribution in [0.3, 0.4) is 0 Å². The Hall–Kier alpha value is -2.59. The maximum Gasteiger partial charge on any atom is 0.131 e. The third-order valence-electron chi connectivity index (χ3n) is 3.55. The van der Waals surface area contributed by atoms with Gasteiger partial charge in [-0.05, 0) is 29.0 Å². The second-order valence-electron chi connectivity index (χ2n) is 4.93. The molecule has 0 aromatic heterocycles. The van der Waals surface area contributed by atoms with Gasteiger partial charge in [-0.25, -0.2) is 4.39 Å². The van der Waals surface area contributed by atoms with E-state index in [1.807, 2.05) is 30.3 Å². The fourth-order valence-electron chi connectivity index (χ4n) is 2.41. The van der Waals surface area contributed by atoms with Crippen LogP contribution in [0.4, 0.5) is 4.39 Å². The highest BCUT2D eigenvalue weighted by Crippen LogP contribution is 2.28. The Bertz CT molecular complexity index is 860. The summed E-state index contributed by atoms with van der Waals surface area (Å²) in [5, 5.41) is 14.2. The zero-order chi connectivity index (χ0) is 16.2. The van der Waals surface area contributed by atoms with E-state index in [0.29, 0.717) is 16.3 Å². The van der Waals surface area contributed by atoms with Gasteiger partial charge in [0.15, 0.2) is 0 Å². The van der Waals surface area contributed by atoms with E-state index in [1.165, 1.54) is 12.3 Å². The number of nitrogens with zero attached hydrogens (tertiary/aromatic N) is 1. The number of hydrogen-bond donors (Lipinski definition) is 1. The fraction of sp³-hybridized carbons (Fsp3) is 0.0556. The monoisotopic (exact) mass is 329 g/mol. The average molecular weight is 330 g/mol. The lowest BCUT2D eigenvalue weighted by Crippen LogP contribution is -2.02. The van der Waals surface area contributed by atoms with Crippen LogP contribution in [-0.2, 0) is 6.61 Å². The summed E-state index contributed by atoms with van der Waals surface area (Å²) in [5.41, 5.74) is 0.910. The molecule has 3 aromatic carbocycles. The third kappa shape index (κ3) is 3.12. The highest BCUT2D eigenvalue weighted by Gasteiger charge is 2.11. The third-order valence-corrected chi connectivity index (χ3v) is 3.91. The summed E-state index contributed by atoms with van der Waals surface area (Å²) < 4.78 is 19.5. The first-order valence-corrected chi connectivity index (χ1v) is 7.33. The number of ether oxygens (including phenoxy) is 1. The predicted octanol–water partition coefficient (Wildman–Crippen LogP) is 5.02. The van der Waals surface area contributed by atoms with Crippen molar-refractivity contribution >= 4 is 28.6 Å². The molecule has 0 bridgehead atoms. The van der Waals surface area contributed by atoms with Crippen LogP contribution < -0.4 is 4.74 Å². The summed E-state index contributed by atoms with van der Waals surface area (Å²) in [6.07, 6.45) is 1.31. The Balaban J connectivity index is 1.98. The van der Waals surface area contributed by atoms with Gasteiger partial charge in [-0.1, -0.05) is 53.2 Å². The minimum Gasteiger partial charge on any atom is -0.488 e. The standard InChI is InChI=1S/C18H13ClFNO2/c19-16-6-3-7-17(20)15(16)11-23-18-9-8-12-4-1-2-5-13(12)14(18)10-21-22/h1-10,22H,11H2. The first kappa shape index (κ1) is 15.3. The van der Waals surface area contributed by atoms with E-state index in [9.17, 15) is 4.39 Å². The number of benzene rings is 3. The summed E-state index contributed by atoms with van der Waals surface area (Å²) in [4.78, 5) is 0. The summed E-state index contributed by atoms with van der Waals surface area (Å²) in [6.45, 7) is -0.0177. The van der Waals surface area contributed by atoms with Crippen LogP contribution in [0.2, 0.25) is 5.02 Å². The molecule has 0 amide bonds. The van der Waals surface area contributed by atoms with Crippen molar-refractivity contribution in [1.29, 1.82) is 0 Å². The number of fused-ring (bicyclic) bond motifs is 1. The van der Waals surface area contributed by atoms with Gasteiger partial charge in [0, 0.05) is 11.1 Å². The summed E-state index contributed by atoms with van der Waals surface area (Å²) in [7, 11) is 0. The van der Waals surface area contributed by atoms with Gasteiger partial charge in [0.05, 0.1) is 11.2 Å². The van der Waals surface area contributed by atoms with Crippen LogP contribution in [0.25, 0.3) is 10.8 Å². The molecule has 0 radical (unpaired) electrons. The first-order chi connectivity index (χ1) is 11.2. The Morgan fingerprint density at radius 3 is 2.70 bits per heavy atom. The van der Waals surface area contributed by atoms with E-state index in [4.69, 9.17) is 21.5 Å². The van der Waals surface area contributed by atoms with Gasteiger partial charge in [-0.2, -0.15) is 0 Å². The lowest BCUT2D eigenvalue weighted by molar-refractivity contribution is 0.299. The molecule has 0 spiro atoms. The van der Waals surface area contributed by atoms with Gasteiger partial charge >= 0.3 is 0 Å². The fourth-order valence-corrected chi connectivity index (χ4v) is 2.63. The normalized spacial score (nSPS) is 11.2. The number of hydrogen-bond acceptors (Lipinski definition) is 3.